The predicted molar refractivity (Wildman–Crippen MR) is 81.2 cm³/mol. The number of aromatic nitrogens is 2. The van der Waals surface area contributed by atoms with Crippen LogP contribution in [0, 0.1) is 6.92 Å². The lowest BCUT2D eigenvalue weighted by Gasteiger charge is -2.13. The number of rotatable bonds is 8. The summed E-state index contributed by atoms with van der Waals surface area (Å²) in [6.45, 7) is 4.78. The van der Waals surface area contributed by atoms with E-state index >= 15 is 0 Å². The Labute approximate surface area is 125 Å². The number of hydrogen-bond donors (Lipinski definition) is 1. The Kier molecular flexibility index (Phi) is 5.71. The minimum absolute atomic E-state index is 0.527. The van der Waals surface area contributed by atoms with Gasteiger partial charge in [0.2, 0.25) is 5.89 Å². The van der Waals surface area contributed by atoms with Crippen LogP contribution < -0.4 is 10.2 Å². The van der Waals surface area contributed by atoms with Crippen molar-refractivity contribution in [1.29, 1.82) is 0 Å². The quantitative estimate of drug-likeness (QED) is 0.747. The first-order valence-electron chi connectivity index (χ1n) is 6.98. The molecule has 0 fully saturated rings. The molecule has 1 heterocycles. The summed E-state index contributed by atoms with van der Waals surface area (Å²) in [6, 6.07) is 8.94. The van der Waals surface area contributed by atoms with Crippen LogP contribution in [0.2, 0.25) is 0 Å². The Morgan fingerprint density at radius 3 is 2.71 bits per heavy atom. The molecule has 0 aliphatic heterocycles. The third-order valence-electron chi connectivity index (χ3n) is 3.08. The first kappa shape index (κ1) is 15.5. The monoisotopic (exact) mass is 290 g/mol. The van der Waals surface area contributed by atoms with Gasteiger partial charge in [0.1, 0.15) is 0 Å². The maximum Gasteiger partial charge on any atom is 0.318 e. The molecule has 114 valence electrons. The fourth-order valence-corrected chi connectivity index (χ4v) is 1.87. The molecular weight excluding hydrogens is 268 g/mol. The molecule has 0 saturated carbocycles. The zero-order valence-electron chi connectivity index (χ0n) is 12.8. The van der Waals surface area contributed by atoms with Crippen LogP contribution in [-0.4, -0.2) is 37.5 Å². The molecule has 1 aromatic carbocycles. The molecule has 1 aromatic heterocycles. The van der Waals surface area contributed by atoms with Gasteiger partial charge in [-0.15, -0.1) is 5.10 Å². The summed E-state index contributed by atoms with van der Waals surface area (Å²) in [4.78, 5) is 1.94. The SMILES string of the molecule is COCCNCc1nnc(N(C)Cc2ccc(C)cc2)o1. The maximum atomic E-state index is 5.62. The van der Waals surface area contributed by atoms with Crippen LogP contribution in [0.5, 0.6) is 0 Å². The number of aryl methyl sites for hydroxylation is 1. The van der Waals surface area contributed by atoms with E-state index in [0.717, 1.165) is 13.1 Å². The molecular formula is C15H22N4O2. The zero-order valence-corrected chi connectivity index (χ0v) is 12.8. The normalized spacial score (nSPS) is 10.8. The molecule has 0 unspecified atom stereocenters. The molecule has 0 saturated heterocycles. The molecule has 1 N–H and O–H groups in total. The van der Waals surface area contributed by atoms with Gasteiger partial charge in [-0.3, -0.25) is 0 Å². The van der Waals surface area contributed by atoms with Gasteiger partial charge in [0.25, 0.3) is 0 Å². The standard InChI is InChI=1S/C15H22N4O2/c1-12-4-6-13(7-5-12)11-19(2)15-18-17-14(21-15)10-16-8-9-20-3/h4-7,16H,8-11H2,1-3H3. The van der Waals surface area contributed by atoms with Gasteiger partial charge < -0.3 is 19.4 Å². The zero-order chi connectivity index (χ0) is 15.1. The van der Waals surface area contributed by atoms with Gasteiger partial charge in [0, 0.05) is 27.2 Å². The third kappa shape index (κ3) is 4.84. The van der Waals surface area contributed by atoms with Crippen molar-refractivity contribution >= 4 is 6.01 Å². The number of hydrogen-bond acceptors (Lipinski definition) is 6. The topological polar surface area (TPSA) is 63.4 Å². The number of ether oxygens (including phenoxy) is 1. The van der Waals surface area contributed by atoms with Gasteiger partial charge >= 0.3 is 6.01 Å². The average Bonchev–Trinajstić information content (AvgIpc) is 2.95. The summed E-state index contributed by atoms with van der Waals surface area (Å²) < 4.78 is 10.6. The molecule has 21 heavy (non-hydrogen) atoms. The summed E-state index contributed by atoms with van der Waals surface area (Å²) in [7, 11) is 3.61. The summed E-state index contributed by atoms with van der Waals surface area (Å²) in [5.74, 6) is 0.580. The molecule has 6 heteroatoms. The third-order valence-corrected chi connectivity index (χ3v) is 3.08. The summed E-state index contributed by atoms with van der Waals surface area (Å²) in [5.41, 5.74) is 2.46. The van der Waals surface area contributed by atoms with Crippen LogP contribution in [0.25, 0.3) is 0 Å². The van der Waals surface area contributed by atoms with Gasteiger partial charge in [-0.2, -0.15) is 0 Å². The van der Waals surface area contributed by atoms with Crippen LogP contribution >= 0.6 is 0 Å². The van der Waals surface area contributed by atoms with Crippen LogP contribution in [-0.2, 0) is 17.8 Å². The van der Waals surface area contributed by atoms with E-state index in [2.05, 4.69) is 46.7 Å². The van der Waals surface area contributed by atoms with Gasteiger partial charge in [-0.1, -0.05) is 34.9 Å². The fourth-order valence-electron chi connectivity index (χ4n) is 1.87. The first-order chi connectivity index (χ1) is 10.2. The van der Waals surface area contributed by atoms with Crippen molar-refractivity contribution < 1.29 is 9.15 Å². The van der Waals surface area contributed by atoms with Crippen LogP contribution in [0.3, 0.4) is 0 Å². The van der Waals surface area contributed by atoms with Gasteiger partial charge in [0.15, 0.2) is 0 Å². The lowest BCUT2D eigenvalue weighted by atomic mass is 10.1. The molecule has 0 aliphatic rings. The molecule has 0 aliphatic carbocycles. The number of nitrogens with one attached hydrogen (secondary N) is 1. The second-order valence-electron chi connectivity index (χ2n) is 4.99. The van der Waals surface area contributed by atoms with Crippen molar-refractivity contribution in [2.45, 2.75) is 20.0 Å². The van der Waals surface area contributed by atoms with Crippen molar-refractivity contribution in [2.24, 2.45) is 0 Å². The molecule has 0 radical (unpaired) electrons. The number of nitrogens with zero attached hydrogens (tertiary/aromatic N) is 3. The van der Waals surface area contributed by atoms with Crippen molar-refractivity contribution in [3.05, 3.63) is 41.3 Å². The molecule has 2 aromatic rings. The lowest BCUT2D eigenvalue weighted by Crippen LogP contribution is -2.18. The highest BCUT2D eigenvalue weighted by atomic mass is 16.5. The van der Waals surface area contributed by atoms with E-state index in [1.807, 2.05) is 11.9 Å². The molecule has 0 bridgehead atoms. The van der Waals surface area contributed by atoms with Crippen molar-refractivity contribution in [2.75, 3.05) is 32.2 Å². The number of benzene rings is 1. The van der Waals surface area contributed by atoms with E-state index in [9.17, 15) is 0 Å². The second-order valence-corrected chi connectivity index (χ2v) is 4.99. The fraction of sp³-hybridized carbons (Fsp3) is 0.467. The van der Waals surface area contributed by atoms with E-state index in [0.29, 0.717) is 25.1 Å². The Morgan fingerprint density at radius 2 is 2.00 bits per heavy atom. The van der Waals surface area contributed by atoms with Gasteiger partial charge in [-0.25, -0.2) is 0 Å². The average molecular weight is 290 g/mol. The second kappa shape index (κ2) is 7.75. The van der Waals surface area contributed by atoms with Crippen LogP contribution in [0.1, 0.15) is 17.0 Å². The maximum absolute atomic E-state index is 5.62. The molecule has 6 nitrogen and oxygen atoms in total. The summed E-state index contributed by atoms with van der Waals surface area (Å²) in [6.07, 6.45) is 0. The highest BCUT2D eigenvalue weighted by molar-refractivity contribution is 5.28. The van der Waals surface area contributed by atoms with Crippen molar-refractivity contribution in [3.8, 4) is 0 Å². The van der Waals surface area contributed by atoms with Gasteiger partial charge in [-0.05, 0) is 12.5 Å². The smallest absolute Gasteiger partial charge is 0.318 e. The van der Waals surface area contributed by atoms with Crippen molar-refractivity contribution in [1.82, 2.24) is 15.5 Å². The highest BCUT2D eigenvalue weighted by Crippen LogP contribution is 2.14. The van der Waals surface area contributed by atoms with Crippen LogP contribution in [0.4, 0.5) is 6.01 Å². The van der Waals surface area contributed by atoms with E-state index in [1.54, 1.807) is 7.11 Å². The minimum atomic E-state index is 0.527. The van der Waals surface area contributed by atoms with Crippen molar-refractivity contribution in [3.63, 3.8) is 0 Å². The Bertz CT molecular complexity index is 539. The van der Waals surface area contributed by atoms with Crippen LogP contribution in [0.15, 0.2) is 28.7 Å². The molecule has 0 atom stereocenters. The Balaban J connectivity index is 1.86. The largest absolute Gasteiger partial charge is 0.407 e. The van der Waals surface area contributed by atoms with E-state index < -0.39 is 0 Å². The Hall–Kier alpha value is -1.92. The molecule has 0 amide bonds. The molecule has 2 rings (SSSR count). The molecule has 0 spiro atoms. The first-order valence-corrected chi connectivity index (χ1v) is 6.98. The van der Waals surface area contributed by atoms with E-state index in [1.165, 1.54) is 11.1 Å². The van der Waals surface area contributed by atoms with E-state index in [4.69, 9.17) is 9.15 Å². The lowest BCUT2D eigenvalue weighted by molar-refractivity contribution is 0.198. The van der Waals surface area contributed by atoms with Gasteiger partial charge in [0.05, 0.1) is 13.2 Å². The number of methoxy groups -OCH3 is 1. The number of anilines is 1. The summed E-state index contributed by atoms with van der Waals surface area (Å²) >= 11 is 0. The summed E-state index contributed by atoms with van der Waals surface area (Å²) in [5, 5.41) is 11.3. The Morgan fingerprint density at radius 1 is 1.24 bits per heavy atom. The predicted octanol–water partition coefficient (Wildman–Crippen LogP) is 1.75. The highest BCUT2D eigenvalue weighted by Gasteiger charge is 2.10. The van der Waals surface area contributed by atoms with E-state index in [-0.39, 0.29) is 0 Å². The minimum Gasteiger partial charge on any atom is -0.407 e.